The van der Waals surface area contributed by atoms with Gasteiger partial charge in [0.25, 0.3) is 0 Å². The van der Waals surface area contributed by atoms with Crippen molar-refractivity contribution < 1.29 is 0 Å². The molecule has 1 aliphatic rings. The van der Waals surface area contributed by atoms with E-state index in [9.17, 15) is 0 Å². The van der Waals surface area contributed by atoms with E-state index in [0.717, 1.165) is 25.6 Å². The van der Waals surface area contributed by atoms with E-state index in [-0.39, 0.29) is 0 Å². The van der Waals surface area contributed by atoms with Crippen LogP contribution in [0, 0.1) is 5.41 Å². The predicted octanol–water partition coefficient (Wildman–Crippen LogP) is 1.31. The fourth-order valence-electron chi connectivity index (χ4n) is 1.17. The first-order valence-corrected chi connectivity index (χ1v) is 5.04. The summed E-state index contributed by atoms with van der Waals surface area (Å²) in [5, 5.41) is 3.40. The highest BCUT2D eigenvalue weighted by molar-refractivity contribution is 5.81. The van der Waals surface area contributed by atoms with Gasteiger partial charge in [0.05, 0.1) is 6.54 Å². The summed E-state index contributed by atoms with van der Waals surface area (Å²) in [7, 11) is 2.08. The van der Waals surface area contributed by atoms with Crippen LogP contribution in [0.25, 0.3) is 0 Å². The minimum absolute atomic E-state index is 0.367. The van der Waals surface area contributed by atoms with E-state index >= 15 is 0 Å². The van der Waals surface area contributed by atoms with Crippen molar-refractivity contribution in [2.75, 3.05) is 26.7 Å². The molecule has 0 saturated heterocycles. The Morgan fingerprint density at radius 1 is 1.54 bits per heavy atom. The second-order valence-electron chi connectivity index (χ2n) is 4.50. The molecular formula is C10H21N3. The van der Waals surface area contributed by atoms with E-state index < -0.39 is 0 Å². The first kappa shape index (κ1) is 10.4. The van der Waals surface area contributed by atoms with Crippen molar-refractivity contribution in [2.24, 2.45) is 10.4 Å². The Balaban J connectivity index is 2.34. The van der Waals surface area contributed by atoms with Crippen LogP contribution in [0.4, 0.5) is 0 Å². The van der Waals surface area contributed by atoms with Crippen LogP contribution in [0.15, 0.2) is 4.99 Å². The average molecular weight is 183 g/mol. The Morgan fingerprint density at radius 3 is 2.69 bits per heavy atom. The molecular weight excluding hydrogens is 162 g/mol. The maximum Gasteiger partial charge on any atom is 0.193 e. The number of nitrogens with zero attached hydrogens (tertiary/aromatic N) is 2. The lowest BCUT2D eigenvalue weighted by atomic mass is 9.90. The summed E-state index contributed by atoms with van der Waals surface area (Å²) in [4.78, 5) is 6.56. The summed E-state index contributed by atoms with van der Waals surface area (Å²) in [6.45, 7) is 9.76. The highest BCUT2D eigenvalue weighted by Crippen LogP contribution is 2.17. The second kappa shape index (κ2) is 3.99. The van der Waals surface area contributed by atoms with Crippen LogP contribution in [-0.4, -0.2) is 37.5 Å². The first-order valence-electron chi connectivity index (χ1n) is 5.04. The Hall–Kier alpha value is -0.730. The molecule has 0 aromatic carbocycles. The Bertz CT molecular complexity index is 196. The van der Waals surface area contributed by atoms with Gasteiger partial charge in [0.15, 0.2) is 5.96 Å². The van der Waals surface area contributed by atoms with Crippen molar-refractivity contribution in [3.05, 3.63) is 0 Å². The van der Waals surface area contributed by atoms with Gasteiger partial charge in [0, 0.05) is 20.1 Å². The predicted molar refractivity (Wildman–Crippen MR) is 57.0 cm³/mol. The van der Waals surface area contributed by atoms with Gasteiger partial charge in [-0.3, -0.25) is 4.99 Å². The van der Waals surface area contributed by atoms with Gasteiger partial charge in [-0.1, -0.05) is 20.8 Å². The molecule has 0 amide bonds. The Labute approximate surface area is 81.2 Å². The molecule has 0 fully saturated rings. The van der Waals surface area contributed by atoms with Gasteiger partial charge in [-0.2, -0.15) is 0 Å². The molecule has 1 N–H and O–H groups in total. The summed E-state index contributed by atoms with van der Waals surface area (Å²) in [5.74, 6) is 1.06. The lowest BCUT2D eigenvalue weighted by Crippen LogP contribution is -2.40. The SMILES string of the molecule is CCC(C)(C)CNC1=NCCN1C. The van der Waals surface area contributed by atoms with E-state index in [4.69, 9.17) is 0 Å². The number of rotatable bonds is 3. The molecule has 3 nitrogen and oxygen atoms in total. The van der Waals surface area contributed by atoms with Gasteiger partial charge >= 0.3 is 0 Å². The molecule has 13 heavy (non-hydrogen) atoms. The topological polar surface area (TPSA) is 27.6 Å². The van der Waals surface area contributed by atoms with Crippen molar-refractivity contribution >= 4 is 5.96 Å². The number of nitrogens with one attached hydrogen (secondary N) is 1. The van der Waals surface area contributed by atoms with Crippen LogP contribution in [0.1, 0.15) is 27.2 Å². The van der Waals surface area contributed by atoms with Crippen molar-refractivity contribution in [1.29, 1.82) is 0 Å². The van der Waals surface area contributed by atoms with Crippen LogP contribution in [0.5, 0.6) is 0 Å². The number of hydrogen-bond donors (Lipinski definition) is 1. The normalized spacial score (nSPS) is 17.5. The molecule has 0 radical (unpaired) electrons. The highest BCUT2D eigenvalue weighted by atomic mass is 15.3. The maximum absolute atomic E-state index is 4.39. The quantitative estimate of drug-likeness (QED) is 0.714. The van der Waals surface area contributed by atoms with Gasteiger partial charge in [-0.15, -0.1) is 0 Å². The molecule has 0 unspecified atom stereocenters. The molecule has 3 heteroatoms. The molecule has 1 heterocycles. The van der Waals surface area contributed by atoms with Crippen LogP contribution in [0.2, 0.25) is 0 Å². The molecule has 0 aromatic rings. The Morgan fingerprint density at radius 2 is 2.23 bits per heavy atom. The zero-order chi connectivity index (χ0) is 9.90. The molecule has 0 atom stereocenters. The number of aliphatic imine (C=N–C) groups is 1. The van der Waals surface area contributed by atoms with Crippen LogP contribution in [0.3, 0.4) is 0 Å². The third kappa shape index (κ3) is 2.90. The van der Waals surface area contributed by atoms with Crippen LogP contribution < -0.4 is 5.32 Å². The Kier molecular flexibility index (Phi) is 3.17. The first-order chi connectivity index (χ1) is 6.05. The molecule has 1 rings (SSSR count). The minimum Gasteiger partial charge on any atom is -0.356 e. The van der Waals surface area contributed by atoms with E-state index in [1.807, 2.05) is 0 Å². The van der Waals surface area contributed by atoms with Crippen molar-refractivity contribution in [1.82, 2.24) is 10.2 Å². The van der Waals surface area contributed by atoms with Gasteiger partial charge in [0.1, 0.15) is 0 Å². The van der Waals surface area contributed by atoms with Gasteiger partial charge < -0.3 is 10.2 Å². The molecule has 0 bridgehead atoms. The van der Waals surface area contributed by atoms with Gasteiger partial charge in [-0.05, 0) is 11.8 Å². The van der Waals surface area contributed by atoms with Crippen molar-refractivity contribution in [3.63, 3.8) is 0 Å². The minimum atomic E-state index is 0.367. The van der Waals surface area contributed by atoms with E-state index in [2.05, 4.69) is 43.0 Å². The zero-order valence-corrected chi connectivity index (χ0v) is 9.22. The fourth-order valence-corrected chi connectivity index (χ4v) is 1.17. The maximum atomic E-state index is 4.39. The molecule has 0 aromatic heterocycles. The number of guanidine groups is 1. The second-order valence-corrected chi connectivity index (χ2v) is 4.50. The fraction of sp³-hybridized carbons (Fsp3) is 0.900. The smallest absolute Gasteiger partial charge is 0.193 e. The molecule has 1 aliphatic heterocycles. The monoisotopic (exact) mass is 183 g/mol. The van der Waals surface area contributed by atoms with Crippen molar-refractivity contribution in [3.8, 4) is 0 Å². The summed E-state index contributed by atoms with van der Waals surface area (Å²) in [6.07, 6.45) is 1.19. The zero-order valence-electron chi connectivity index (χ0n) is 9.22. The number of likely N-dealkylation sites (N-methyl/N-ethyl adjacent to an activating group) is 1. The molecule has 0 saturated carbocycles. The molecule has 0 spiro atoms. The summed E-state index contributed by atoms with van der Waals surface area (Å²) in [5.41, 5.74) is 0.367. The third-order valence-electron chi connectivity index (χ3n) is 2.74. The average Bonchev–Trinajstić information content (AvgIpc) is 2.48. The lowest BCUT2D eigenvalue weighted by Gasteiger charge is -2.25. The summed E-state index contributed by atoms with van der Waals surface area (Å²) in [6, 6.07) is 0. The summed E-state index contributed by atoms with van der Waals surface area (Å²) >= 11 is 0. The van der Waals surface area contributed by atoms with Crippen LogP contribution in [-0.2, 0) is 0 Å². The van der Waals surface area contributed by atoms with E-state index in [1.54, 1.807) is 0 Å². The largest absolute Gasteiger partial charge is 0.356 e. The molecule has 0 aliphatic carbocycles. The van der Waals surface area contributed by atoms with E-state index in [0.29, 0.717) is 5.41 Å². The van der Waals surface area contributed by atoms with Crippen LogP contribution >= 0.6 is 0 Å². The third-order valence-corrected chi connectivity index (χ3v) is 2.74. The van der Waals surface area contributed by atoms with Crippen molar-refractivity contribution in [2.45, 2.75) is 27.2 Å². The molecule has 76 valence electrons. The summed E-state index contributed by atoms with van der Waals surface area (Å²) < 4.78 is 0. The highest BCUT2D eigenvalue weighted by Gasteiger charge is 2.18. The van der Waals surface area contributed by atoms with E-state index in [1.165, 1.54) is 6.42 Å². The lowest BCUT2D eigenvalue weighted by molar-refractivity contribution is 0.344. The standard InChI is InChI=1S/C10H21N3/c1-5-10(2,3)8-12-9-11-6-7-13(9)4/h5-8H2,1-4H3,(H,11,12). The van der Waals surface area contributed by atoms with Gasteiger partial charge in [0.2, 0.25) is 0 Å². The van der Waals surface area contributed by atoms with Gasteiger partial charge in [-0.25, -0.2) is 0 Å². The number of hydrogen-bond acceptors (Lipinski definition) is 3.